The summed E-state index contributed by atoms with van der Waals surface area (Å²) in [7, 11) is 0. The van der Waals surface area contributed by atoms with Crippen molar-refractivity contribution in [1.82, 2.24) is 10.3 Å². The van der Waals surface area contributed by atoms with Crippen LogP contribution in [0, 0.1) is 0 Å². The summed E-state index contributed by atoms with van der Waals surface area (Å²) in [6, 6.07) is 3.45. The zero-order chi connectivity index (χ0) is 12.0. The van der Waals surface area contributed by atoms with E-state index in [1.54, 1.807) is 18.3 Å². The highest BCUT2D eigenvalue weighted by molar-refractivity contribution is 5.94. The van der Waals surface area contributed by atoms with Gasteiger partial charge in [0.15, 0.2) is 0 Å². The SMILES string of the molecule is CCCCC(C)NC(=O)c1ccnc(N)c1. The molecule has 0 bridgehead atoms. The van der Waals surface area contributed by atoms with Gasteiger partial charge in [0.25, 0.3) is 5.91 Å². The predicted molar refractivity (Wildman–Crippen MR) is 65.1 cm³/mol. The zero-order valence-electron chi connectivity index (χ0n) is 9.86. The van der Waals surface area contributed by atoms with Crippen molar-refractivity contribution in [2.45, 2.75) is 39.2 Å². The number of nitrogens with two attached hydrogens (primary N) is 1. The van der Waals surface area contributed by atoms with E-state index >= 15 is 0 Å². The van der Waals surface area contributed by atoms with Crippen LogP contribution < -0.4 is 11.1 Å². The number of anilines is 1. The highest BCUT2D eigenvalue weighted by atomic mass is 16.1. The van der Waals surface area contributed by atoms with Gasteiger partial charge in [0.05, 0.1) is 0 Å². The van der Waals surface area contributed by atoms with E-state index in [1.807, 2.05) is 6.92 Å². The number of nitrogens with one attached hydrogen (secondary N) is 1. The Morgan fingerprint density at radius 2 is 2.38 bits per heavy atom. The number of amides is 1. The minimum Gasteiger partial charge on any atom is -0.384 e. The molecule has 1 atom stereocenters. The van der Waals surface area contributed by atoms with Crippen molar-refractivity contribution in [3.05, 3.63) is 23.9 Å². The molecule has 0 saturated carbocycles. The second-order valence-corrected chi connectivity index (χ2v) is 3.99. The first-order valence-electron chi connectivity index (χ1n) is 5.66. The van der Waals surface area contributed by atoms with Gasteiger partial charge in [0.2, 0.25) is 0 Å². The molecule has 0 fully saturated rings. The number of nitrogen functional groups attached to an aromatic ring is 1. The van der Waals surface area contributed by atoms with Gasteiger partial charge in [0.1, 0.15) is 5.82 Å². The first-order chi connectivity index (χ1) is 7.63. The number of pyridine rings is 1. The van der Waals surface area contributed by atoms with E-state index in [0.29, 0.717) is 11.4 Å². The summed E-state index contributed by atoms with van der Waals surface area (Å²) in [5, 5.41) is 2.94. The van der Waals surface area contributed by atoms with E-state index < -0.39 is 0 Å². The number of aromatic nitrogens is 1. The maximum atomic E-state index is 11.8. The molecular formula is C12H19N3O. The van der Waals surface area contributed by atoms with Crippen LogP contribution in [0.15, 0.2) is 18.3 Å². The Morgan fingerprint density at radius 3 is 3.00 bits per heavy atom. The fourth-order valence-electron chi connectivity index (χ4n) is 1.48. The highest BCUT2D eigenvalue weighted by Gasteiger charge is 2.09. The van der Waals surface area contributed by atoms with Crippen LogP contribution in [-0.2, 0) is 0 Å². The molecule has 4 heteroatoms. The average molecular weight is 221 g/mol. The fraction of sp³-hybridized carbons (Fsp3) is 0.500. The van der Waals surface area contributed by atoms with E-state index in [2.05, 4.69) is 17.2 Å². The van der Waals surface area contributed by atoms with Crippen molar-refractivity contribution in [2.75, 3.05) is 5.73 Å². The maximum Gasteiger partial charge on any atom is 0.251 e. The average Bonchev–Trinajstić information content (AvgIpc) is 2.26. The van der Waals surface area contributed by atoms with Crippen LogP contribution in [0.3, 0.4) is 0 Å². The van der Waals surface area contributed by atoms with Gasteiger partial charge in [-0.3, -0.25) is 4.79 Å². The second-order valence-electron chi connectivity index (χ2n) is 3.99. The Morgan fingerprint density at radius 1 is 1.62 bits per heavy atom. The molecule has 0 radical (unpaired) electrons. The molecule has 1 unspecified atom stereocenters. The standard InChI is InChI=1S/C12H19N3O/c1-3-4-5-9(2)15-12(16)10-6-7-14-11(13)8-10/h6-9H,3-5H2,1-2H3,(H2,13,14)(H,15,16). The van der Waals surface area contributed by atoms with Crippen LogP contribution in [0.1, 0.15) is 43.5 Å². The third-order valence-corrected chi connectivity index (χ3v) is 2.41. The fourth-order valence-corrected chi connectivity index (χ4v) is 1.48. The molecular weight excluding hydrogens is 202 g/mol. The van der Waals surface area contributed by atoms with Crippen LogP contribution >= 0.6 is 0 Å². The van der Waals surface area contributed by atoms with Crippen LogP contribution in [0.25, 0.3) is 0 Å². The van der Waals surface area contributed by atoms with Gasteiger partial charge in [0, 0.05) is 17.8 Å². The van der Waals surface area contributed by atoms with Gasteiger partial charge in [-0.1, -0.05) is 19.8 Å². The van der Waals surface area contributed by atoms with Gasteiger partial charge in [-0.2, -0.15) is 0 Å². The lowest BCUT2D eigenvalue weighted by Crippen LogP contribution is -2.32. The first-order valence-corrected chi connectivity index (χ1v) is 5.66. The number of carbonyl (C=O) groups excluding carboxylic acids is 1. The van der Waals surface area contributed by atoms with Gasteiger partial charge >= 0.3 is 0 Å². The summed E-state index contributed by atoms with van der Waals surface area (Å²) in [5.74, 6) is 0.284. The quantitative estimate of drug-likeness (QED) is 0.798. The predicted octanol–water partition coefficient (Wildman–Crippen LogP) is 1.97. The topological polar surface area (TPSA) is 68.0 Å². The second kappa shape index (κ2) is 6.10. The number of carbonyl (C=O) groups is 1. The number of unbranched alkanes of at least 4 members (excludes halogenated alkanes) is 1. The van der Waals surface area contributed by atoms with E-state index in [1.165, 1.54) is 0 Å². The summed E-state index contributed by atoms with van der Waals surface area (Å²) in [5.41, 5.74) is 6.08. The van der Waals surface area contributed by atoms with Crippen molar-refractivity contribution in [3.8, 4) is 0 Å². The van der Waals surface area contributed by atoms with Crippen molar-refractivity contribution >= 4 is 11.7 Å². The molecule has 1 aromatic rings. The Kier molecular flexibility index (Phi) is 4.76. The highest BCUT2D eigenvalue weighted by Crippen LogP contribution is 2.05. The molecule has 1 amide bonds. The minimum absolute atomic E-state index is 0.0855. The number of hydrogen-bond acceptors (Lipinski definition) is 3. The lowest BCUT2D eigenvalue weighted by molar-refractivity contribution is 0.0938. The molecule has 0 spiro atoms. The molecule has 0 saturated heterocycles. The number of nitrogens with zero attached hydrogens (tertiary/aromatic N) is 1. The lowest BCUT2D eigenvalue weighted by Gasteiger charge is -2.13. The normalized spacial score (nSPS) is 12.1. The molecule has 0 aliphatic carbocycles. The Bertz CT molecular complexity index is 352. The Labute approximate surface area is 96.3 Å². The summed E-state index contributed by atoms with van der Waals surface area (Å²) in [6.45, 7) is 4.15. The van der Waals surface area contributed by atoms with Gasteiger partial charge < -0.3 is 11.1 Å². The van der Waals surface area contributed by atoms with E-state index in [-0.39, 0.29) is 11.9 Å². The van der Waals surface area contributed by atoms with Crippen molar-refractivity contribution in [3.63, 3.8) is 0 Å². The summed E-state index contributed by atoms with van der Waals surface area (Å²) in [6.07, 6.45) is 4.81. The van der Waals surface area contributed by atoms with Crippen LogP contribution in [0.4, 0.5) is 5.82 Å². The van der Waals surface area contributed by atoms with Crippen LogP contribution in [-0.4, -0.2) is 16.9 Å². The van der Waals surface area contributed by atoms with Crippen molar-refractivity contribution in [1.29, 1.82) is 0 Å². The third-order valence-electron chi connectivity index (χ3n) is 2.41. The molecule has 0 aliphatic rings. The lowest BCUT2D eigenvalue weighted by atomic mass is 10.1. The van der Waals surface area contributed by atoms with Gasteiger partial charge in [-0.15, -0.1) is 0 Å². The van der Waals surface area contributed by atoms with Crippen LogP contribution in [0.2, 0.25) is 0 Å². The van der Waals surface area contributed by atoms with E-state index in [0.717, 1.165) is 19.3 Å². The van der Waals surface area contributed by atoms with Gasteiger partial charge in [-0.05, 0) is 25.5 Å². The monoisotopic (exact) mass is 221 g/mol. The Hall–Kier alpha value is -1.58. The van der Waals surface area contributed by atoms with E-state index in [4.69, 9.17) is 5.73 Å². The largest absolute Gasteiger partial charge is 0.384 e. The smallest absolute Gasteiger partial charge is 0.251 e. The molecule has 1 aromatic heterocycles. The Balaban J connectivity index is 2.52. The molecule has 1 rings (SSSR count). The molecule has 0 aliphatic heterocycles. The maximum absolute atomic E-state index is 11.8. The molecule has 3 N–H and O–H groups in total. The molecule has 16 heavy (non-hydrogen) atoms. The molecule has 0 aromatic carbocycles. The molecule has 4 nitrogen and oxygen atoms in total. The summed E-state index contributed by atoms with van der Waals surface area (Å²) < 4.78 is 0. The molecule has 1 heterocycles. The summed E-state index contributed by atoms with van der Waals surface area (Å²) >= 11 is 0. The minimum atomic E-state index is -0.0855. The van der Waals surface area contributed by atoms with Gasteiger partial charge in [-0.25, -0.2) is 4.98 Å². The zero-order valence-corrected chi connectivity index (χ0v) is 9.86. The molecule has 88 valence electrons. The third kappa shape index (κ3) is 3.88. The summed E-state index contributed by atoms with van der Waals surface area (Å²) in [4.78, 5) is 15.6. The number of hydrogen-bond donors (Lipinski definition) is 2. The van der Waals surface area contributed by atoms with Crippen molar-refractivity contribution < 1.29 is 4.79 Å². The number of rotatable bonds is 5. The first kappa shape index (κ1) is 12.5. The van der Waals surface area contributed by atoms with Crippen LogP contribution in [0.5, 0.6) is 0 Å². The van der Waals surface area contributed by atoms with Crippen molar-refractivity contribution in [2.24, 2.45) is 0 Å². The van der Waals surface area contributed by atoms with E-state index in [9.17, 15) is 4.79 Å².